The summed E-state index contributed by atoms with van der Waals surface area (Å²) in [5.74, 6) is -0.947. The molecule has 0 fully saturated rings. The summed E-state index contributed by atoms with van der Waals surface area (Å²) in [6, 6.07) is 2.64. The van der Waals surface area contributed by atoms with Crippen LogP contribution >= 0.6 is 15.9 Å². The third-order valence-electron chi connectivity index (χ3n) is 3.49. The van der Waals surface area contributed by atoms with Crippen molar-refractivity contribution in [1.29, 1.82) is 0 Å². The Morgan fingerprint density at radius 1 is 1.43 bits per heavy atom. The maximum absolute atomic E-state index is 13.7. The van der Waals surface area contributed by atoms with Gasteiger partial charge in [-0.25, -0.2) is 4.39 Å². The second kappa shape index (κ2) is 8.37. The van der Waals surface area contributed by atoms with Crippen molar-refractivity contribution in [1.82, 2.24) is 0 Å². The molecule has 2 atom stereocenters. The zero-order chi connectivity index (χ0) is 16.0. The van der Waals surface area contributed by atoms with E-state index in [1.807, 2.05) is 0 Å². The summed E-state index contributed by atoms with van der Waals surface area (Å²) in [7, 11) is 0. The Hall–Kier alpha value is -1.10. The largest absolute Gasteiger partial charge is 0.466 e. The fourth-order valence-corrected chi connectivity index (χ4v) is 2.95. The predicted molar refractivity (Wildman–Crippen MR) is 86.6 cm³/mol. The van der Waals surface area contributed by atoms with Gasteiger partial charge in [0.1, 0.15) is 5.82 Å². The molecular formula is C16H23BrFNO2. The third-order valence-corrected chi connectivity index (χ3v) is 4.15. The second-order valence-electron chi connectivity index (χ2n) is 5.32. The number of nitrogen functional groups attached to an aromatic ring is 1. The Labute approximate surface area is 134 Å². The van der Waals surface area contributed by atoms with Crippen LogP contribution in [0, 0.1) is 11.7 Å². The molecule has 0 aliphatic carbocycles. The Kier molecular flexibility index (Phi) is 7.15. The first kappa shape index (κ1) is 18.0. The van der Waals surface area contributed by atoms with Gasteiger partial charge in [-0.15, -0.1) is 0 Å². The minimum atomic E-state index is -0.529. The van der Waals surface area contributed by atoms with Gasteiger partial charge < -0.3 is 10.5 Å². The Bertz CT molecular complexity index is 493. The Morgan fingerprint density at radius 3 is 2.67 bits per heavy atom. The molecule has 0 saturated carbocycles. The van der Waals surface area contributed by atoms with E-state index in [1.165, 1.54) is 12.1 Å². The summed E-state index contributed by atoms with van der Waals surface area (Å²) in [6.07, 6.45) is 2.65. The summed E-state index contributed by atoms with van der Waals surface area (Å²) >= 11 is 3.23. The van der Waals surface area contributed by atoms with Crippen molar-refractivity contribution in [3.63, 3.8) is 0 Å². The van der Waals surface area contributed by atoms with Crippen LogP contribution in [0.4, 0.5) is 10.1 Å². The van der Waals surface area contributed by atoms with Gasteiger partial charge in [0.2, 0.25) is 0 Å². The molecule has 0 heterocycles. The molecule has 5 heteroatoms. The molecule has 1 aromatic rings. The molecule has 2 N–H and O–H groups in total. The zero-order valence-corrected chi connectivity index (χ0v) is 14.4. The normalized spacial score (nSPS) is 13.8. The van der Waals surface area contributed by atoms with E-state index in [2.05, 4.69) is 29.8 Å². The average molecular weight is 360 g/mol. The molecule has 0 amide bonds. The maximum atomic E-state index is 13.7. The number of esters is 1. The van der Waals surface area contributed by atoms with Gasteiger partial charge in [0, 0.05) is 4.47 Å². The summed E-state index contributed by atoms with van der Waals surface area (Å²) in [5.41, 5.74) is 6.92. The Balaban J connectivity index is 3.14. The van der Waals surface area contributed by atoms with Crippen LogP contribution in [0.1, 0.15) is 51.5 Å². The van der Waals surface area contributed by atoms with Crippen LogP contribution in [0.3, 0.4) is 0 Å². The number of benzene rings is 1. The predicted octanol–water partition coefficient (Wildman–Crippen LogP) is 4.64. The van der Waals surface area contributed by atoms with Crippen molar-refractivity contribution in [2.75, 3.05) is 12.3 Å². The fourth-order valence-electron chi connectivity index (χ4n) is 2.50. The highest BCUT2D eigenvalue weighted by atomic mass is 79.9. The first-order valence-corrected chi connectivity index (χ1v) is 8.10. The maximum Gasteiger partial charge on any atom is 0.313 e. The number of hydrogen-bond acceptors (Lipinski definition) is 3. The second-order valence-corrected chi connectivity index (χ2v) is 6.18. The lowest BCUT2D eigenvalue weighted by molar-refractivity contribution is -0.145. The summed E-state index contributed by atoms with van der Waals surface area (Å²) in [5, 5.41) is 0. The highest BCUT2D eigenvalue weighted by Crippen LogP contribution is 2.35. The van der Waals surface area contributed by atoms with Gasteiger partial charge in [0.05, 0.1) is 18.2 Å². The van der Waals surface area contributed by atoms with Crippen LogP contribution in [-0.4, -0.2) is 12.6 Å². The molecular weight excluding hydrogens is 337 g/mol. The number of rotatable bonds is 7. The molecule has 3 nitrogen and oxygen atoms in total. The van der Waals surface area contributed by atoms with E-state index in [0.29, 0.717) is 34.7 Å². The quantitative estimate of drug-likeness (QED) is 0.569. The number of hydrogen-bond donors (Lipinski definition) is 1. The zero-order valence-electron chi connectivity index (χ0n) is 12.8. The molecule has 0 saturated heterocycles. The number of ether oxygens (including phenoxy) is 1. The standard InChI is InChI=1S/C16H23BrFNO2/c1-4-6-10(3)7-13(16(20)21-5-2)12-8-11(18)9-14(17)15(12)19/h8-10,13H,4-7,19H2,1-3H3. The average Bonchev–Trinajstić information content (AvgIpc) is 2.41. The van der Waals surface area contributed by atoms with Crippen molar-refractivity contribution in [3.8, 4) is 0 Å². The molecule has 0 radical (unpaired) electrons. The molecule has 21 heavy (non-hydrogen) atoms. The van der Waals surface area contributed by atoms with Crippen molar-refractivity contribution in [2.45, 2.75) is 46.0 Å². The molecule has 1 rings (SSSR count). The first-order chi connectivity index (χ1) is 9.90. The van der Waals surface area contributed by atoms with E-state index < -0.39 is 11.7 Å². The van der Waals surface area contributed by atoms with Crippen molar-refractivity contribution in [2.24, 2.45) is 5.92 Å². The van der Waals surface area contributed by atoms with Crippen LogP contribution in [0.5, 0.6) is 0 Å². The Morgan fingerprint density at radius 2 is 2.10 bits per heavy atom. The number of nitrogens with two attached hydrogens (primary N) is 1. The molecule has 0 spiro atoms. The van der Waals surface area contributed by atoms with Gasteiger partial charge in [-0.2, -0.15) is 0 Å². The molecule has 1 aromatic carbocycles. The molecule has 0 aliphatic heterocycles. The van der Waals surface area contributed by atoms with Gasteiger partial charge >= 0.3 is 5.97 Å². The highest BCUT2D eigenvalue weighted by molar-refractivity contribution is 9.10. The lowest BCUT2D eigenvalue weighted by atomic mass is 9.86. The lowest BCUT2D eigenvalue weighted by Crippen LogP contribution is -2.20. The van der Waals surface area contributed by atoms with Crippen molar-refractivity contribution in [3.05, 3.63) is 28.0 Å². The van der Waals surface area contributed by atoms with Gasteiger partial charge in [0.15, 0.2) is 0 Å². The molecule has 118 valence electrons. The van der Waals surface area contributed by atoms with Gasteiger partial charge in [-0.1, -0.05) is 26.7 Å². The molecule has 0 aromatic heterocycles. The lowest BCUT2D eigenvalue weighted by Gasteiger charge is -2.21. The minimum absolute atomic E-state index is 0.299. The topological polar surface area (TPSA) is 52.3 Å². The number of anilines is 1. The SMILES string of the molecule is CCCC(C)CC(C(=O)OCC)c1cc(F)cc(Br)c1N. The van der Waals surface area contributed by atoms with E-state index in [0.717, 1.165) is 12.8 Å². The molecule has 2 unspecified atom stereocenters. The summed E-state index contributed by atoms with van der Waals surface area (Å²) in [4.78, 5) is 12.2. The first-order valence-electron chi connectivity index (χ1n) is 7.31. The fraction of sp³-hybridized carbons (Fsp3) is 0.562. The van der Waals surface area contributed by atoms with Gasteiger partial charge in [-0.05, 0) is 52.9 Å². The van der Waals surface area contributed by atoms with Crippen LogP contribution in [0.2, 0.25) is 0 Å². The van der Waals surface area contributed by atoms with Crippen molar-refractivity contribution >= 4 is 27.6 Å². The van der Waals surface area contributed by atoms with Crippen molar-refractivity contribution < 1.29 is 13.9 Å². The van der Waals surface area contributed by atoms with Gasteiger partial charge in [-0.3, -0.25) is 4.79 Å². The molecule has 0 bridgehead atoms. The summed E-state index contributed by atoms with van der Waals surface area (Å²) < 4.78 is 19.3. The third kappa shape index (κ3) is 4.99. The molecule has 0 aliphatic rings. The van der Waals surface area contributed by atoms with Crippen LogP contribution in [0.15, 0.2) is 16.6 Å². The van der Waals surface area contributed by atoms with E-state index in [4.69, 9.17) is 10.5 Å². The van der Waals surface area contributed by atoms with Crippen LogP contribution in [0.25, 0.3) is 0 Å². The minimum Gasteiger partial charge on any atom is -0.466 e. The van der Waals surface area contributed by atoms with E-state index in [9.17, 15) is 9.18 Å². The van der Waals surface area contributed by atoms with E-state index >= 15 is 0 Å². The van der Waals surface area contributed by atoms with Crippen LogP contribution in [-0.2, 0) is 9.53 Å². The number of carbonyl (C=O) groups excluding carboxylic acids is 1. The van der Waals surface area contributed by atoms with E-state index in [1.54, 1.807) is 6.92 Å². The van der Waals surface area contributed by atoms with Gasteiger partial charge in [0.25, 0.3) is 0 Å². The smallest absolute Gasteiger partial charge is 0.313 e. The van der Waals surface area contributed by atoms with E-state index in [-0.39, 0.29) is 5.97 Å². The summed E-state index contributed by atoms with van der Waals surface area (Å²) in [6.45, 7) is 6.24. The van der Waals surface area contributed by atoms with Crippen LogP contribution < -0.4 is 5.73 Å². The number of halogens is 2. The monoisotopic (exact) mass is 359 g/mol. The number of carbonyl (C=O) groups is 1. The highest BCUT2D eigenvalue weighted by Gasteiger charge is 2.27.